The molecule has 3 N–H and O–H groups in total. The van der Waals surface area contributed by atoms with Crippen molar-refractivity contribution in [3.8, 4) is 11.1 Å². The smallest absolute Gasteiger partial charge is 0.411 e. The second-order valence-corrected chi connectivity index (χ2v) is 6.03. The Balaban J connectivity index is 1.80. The van der Waals surface area contributed by atoms with Gasteiger partial charge in [-0.1, -0.05) is 12.1 Å². The molecular weight excluding hydrogens is 340 g/mol. The Morgan fingerprint density at radius 3 is 2.74 bits per heavy atom. The monoisotopic (exact) mass is 358 g/mol. The molecule has 134 valence electrons. The third kappa shape index (κ3) is 3.59. The van der Waals surface area contributed by atoms with Gasteiger partial charge in [0.1, 0.15) is 0 Å². The van der Waals surface area contributed by atoms with Crippen LogP contribution in [0.3, 0.4) is 0 Å². The van der Waals surface area contributed by atoms with E-state index >= 15 is 0 Å². The number of hydrogen-bond acceptors (Lipinski definition) is 4. The van der Waals surface area contributed by atoms with Crippen LogP contribution in [0.1, 0.15) is 0 Å². The zero-order valence-electron chi connectivity index (χ0n) is 14.7. The maximum Gasteiger partial charge on any atom is 0.411 e. The Hall–Kier alpha value is -3.80. The van der Waals surface area contributed by atoms with Crippen molar-refractivity contribution < 1.29 is 9.53 Å². The number of H-pyrrole nitrogens is 1. The second kappa shape index (κ2) is 7.21. The molecule has 0 saturated heterocycles. The number of methoxy groups -OCH3 is 1. The molecule has 2 heterocycles. The number of amides is 1. The normalized spacial score (nSPS) is 10.6. The molecule has 0 aliphatic heterocycles. The molecule has 1 amide bonds. The van der Waals surface area contributed by atoms with Crippen molar-refractivity contribution in [2.45, 2.75) is 0 Å². The number of aromatic nitrogens is 2. The largest absolute Gasteiger partial charge is 0.453 e. The molecule has 2 aromatic heterocycles. The lowest BCUT2D eigenvalue weighted by atomic mass is 10.0. The summed E-state index contributed by atoms with van der Waals surface area (Å²) in [7, 11) is 1.34. The molecule has 6 nitrogen and oxygen atoms in total. The fraction of sp³-hybridized carbons (Fsp3) is 0.0476. The molecule has 0 aliphatic rings. The second-order valence-electron chi connectivity index (χ2n) is 6.03. The van der Waals surface area contributed by atoms with Crippen molar-refractivity contribution in [1.29, 1.82) is 0 Å². The van der Waals surface area contributed by atoms with Crippen LogP contribution in [0.4, 0.5) is 21.9 Å². The predicted octanol–water partition coefficient (Wildman–Crippen LogP) is 5.15. The number of carbonyl (C=O) groups is 1. The van der Waals surface area contributed by atoms with Gasteiger partial charge in [-0.3, -0.25) is 10.3 Å². The van der Waals surface area contributed by atoms with E-state index in [0.29, 0.717) is 5.69 Å². The van der Waals surface area contributed by atoms with Gasteiger partial charge in [-0.05, 0) is 53.6 Å². The van der Waals surface area contributed by atoms with Crippen molar-refractivity contribution in [3.05, 3.63) is 73.2 Å². The first-order chi connectivity index (χ1) is 13.2. The predicted molar refractivity (Wildman–Crippen MR) is 107 cm³/mol. The topological polar surface area (TPSA) is 79.0 Å². The summed E-state index contributed by atoms with van der Waals surface area (Å²) in [6.07, 6.45) is 4.87. The van der Waals surface area contributed by atoms with Crippen molar-refractivity contribution in [2.75, 3.05) is 17.7 Å². The van der Waals surface area contributed by atoms with Crippen LogP contribution >= 0.6 is 0 Å². The number of ether oxygens (including phenoxy) is 1. The first kappa shape index (κ1) is 16.7. The molecule has 0 atom stereocenters. The molecule has 0 unspecified atom stereocenters. The number of fused-ring (bicyclic) bond motifs is 1. The average molecular weight is 358 g/mol. The van der Waals surface area contributed by atoms with Crippen LogP contribution in [0, 0.1) is 0 Å². The molecule has 0 fully saturated rings. The molecule has 2 aromatic carbocycles. The van der Waals surface area contributed by atoms with Crippen LogP contribution in [-0.2, 0) is 4.74 Å². The van der Waals surface area contributed by atoms with Crippen LogP contribution in [-0.4, -0.2) is 23.2 Å². The quantitative estimate of drug-likeness (QED) is 0.471. The Labute approximate surface area is 156 Å². The molecule has 0 saturated carbocycles. The van der Waals surface area contributed by atoms with Crippen molar-refractivity contribution in [1.82, 2.24) is 9.97 Å². The molecule has 0 radical (unpaired) electrons. The lowest BCUT2D eigenvalue weighted by Crippen LogP contribution is -2.11. The number of pyridine rings is 1. The number of benzene rings is 2. The van der Waals surface area contributed by atoms with Crippen LogP contribution in [0.2, 0.25) is 0 Å². The van der Waals surface area contributed by atoms with Crippen LogP contribution < -0.4 is 10.6 Å². The van der Waals surface area contributed by atoms with Crippen molar-refractivity contribution in [3.63, 3.8) is 0 Å². The van der Waals surface area contributed by atoms with E-state index in [0.717, 1.165) is 33.4 Å². The number of anilines is 3. The van der Waals surface area contributed by atoms with Crippen LogP contribution in [0.15, 0.2) is 73.2 Å². The highest BCUT2D eigenvalue weighted by Crippen LogP contribution is 2.33. The van der Waals surface area contributed by atoms with Crippen LogP contribution in [0.5, 0.6) is 0 Å². The number of nitrogens with zero attached hydrogens (tertiary/aromatic N) is 1. The van der Waals surface area contributed by atoms with Gasteiger partial charge in [-0.25, -0.2) is 4.79 Å². The summed E-state index contributed by atoms with van der Waals surface area (Å²) in [6, 6.07) is 17.7. The van der Waals surface area contributed by atoms with Crippen molar-refractivity contribution in [2.24, 2.45) is 0 Å². The Bertz CT molecular complexity index is 1090. The molecule has 4 rings (SSSR count). The molecule has 27 heavy (non-hydrogen) atoms. The van der Waals surface area contributed by atoms with Gasteiger partial charge >= 0.3 is 6.09 Å². The minimum atomic E-state index is -0.515. The number of nitrogens with one attached hydrogen (secondary N) is 3. The van der Waals surface area contributed by atoms with Gasteiger partial charge in [0.15, 0.2) is 0 Å². The van der Waals surface area contributed by atoms with Gasteiger partial charge in [0, 0.05) is 34.7 Å². The Kier molecular flexibility index (Phi) is 4.45. The van der Waals surface area contributed by atoms with Gasteiger partial charge < -0.3 is 15.0 Å². The first-order valence-corrected chi connectivity index (χ1v) is 8.46. The van der Waals surface area contributed by atoms with Gasteiger partial charge in [0.25, 0.3) is 0 Å². The maximum atomic E-state index is 11.7. The number of hydrogen-bond donors (Lipinski definition) is 3. The lowest BCUT2D eigenvalue weighted by Gasteiger charge is -2.13. The molecule has 0 aliphatic carbocycles. The van der Waals surface area contributed by atoms with Gasteiger partial charge in [0.2, 0.25) is 0 Å². The van der Waals surface area contributed by atoms with E-state index in [4.69, 9.17) is 4.74 Å². The van der Waals surface area contributed by atoms with E-state index in [9.17, 15) is 4.79 Å². The summed E-state index contributed by atoms with van der Waals surface area (Å²) in [5.74, 6) is 0. The van der Waals surface area contributed by atoms with Crippen molar-refractivity contribution >= 4 is 34.1 Å². The molecule has 6 heteroatoms. The Morgan fingerprint density at radius 1 is 1.04 bits per heavy atom. The highest BCUT2D eigenvalue weighted by Gasteiger charge is 2.10. The summed E-state index contributed by atoms with van der Waals surface area (Å²) in [5, 5.41) is 7.18. The molecule has 4 aromatic rings. The fourth-order valence-corrected chi connectivity index (χ4v) is 3.04. The fourth-order valence-electron chi connectivity index (χ4n) is 3.04. The third-order valence-electron chi connectivity index (χ3n) is 4.22. The lowest BCUT2D eigenvalue weighted by molar-refractivity contribution is 0.187. The first-order valence-electron chi connectivity index (χ1n) is 8.46. The van der Waals surface area contributed by atoms with Gasteiger partial charge in [-0.15, -0.1) is 0 Å². The summed E-state index contributed by atoms with van der Waals surface area (Å²) in [6.45, 7) is 0. The summed E-state index contributed by atoms with van der Waals surface area (Å²) >= 11 is 0. The molecular formula is C21H18N4O2. The maximum absolute atomic E-state index is 11.7. The highest BCUT2D eigenvalue weighted by atomic mass is 16.5. The minimum absolute atomic E-state index is 0.515. The molecule has 0 bridgehead atoms. The van der Waals surface area contributed by atoms with E-state index < -0.39 is 6.09 Å². The van der Waals surface area contributed by atoms with E-state index in [1.165, 1.54) is 7.11 Å². The number of carbonyl (C=O) groups excluding carboxylic acids is 1. The number of aromatic amines is 1. The third-order valence-corrected chi connectivity index (χ3v) is 4.22. The Morgan fingerprint density at radius 2 is 1.93 bits per heavy atom. The molecule has 0 spiro atoms. The van der Waals surface area contributed by atoms with Crippen LogP contribution in [0.25, 0.3) is 22.0 Å². The van der Waals surface area contributed by atoms with Gasteiger partial charge in [0.05, 0.1) is 19.0 Å². The minimum Gasteiger partial charge on any atom is -0.453 e. The SMILES string of the molecule is COC(=O)Nc1cc(Nc2cccnc2)cc(-c2cccc3[nH]ccc23)c1. The number of rotatable bonds is 4. The van der Waals surface area contributed by atoms with E-state index in [1.54, 1.807) is 12.4 Å². The zero-order valence-corrected chi connectivity index (χ0v) is 14.7. The summed E-state index contributed by atoms with van der Waals surface area (Å²) in [4.78, 5) is 19.1. The summed E-state index contributed by atoms with van der Waals surface area (Å²) in [5.41, 5.74) is 5.42. The van der Waals surface area contributed by atoms with Gasteiger partial charge in [-0.2, -0.15) is 0 Å². The average Bonchev–Trinajstić information content (AvgIpc) is 3.17. The van der Waals surface area contributed by atoms with E-state index in [2.05, 4.69) is 26.7 Å². The highest BCUT2D eigenvalue weighted by molar-refractivity contribution is 5.97. The summed E-state index contributed by atoms with van der Waals surface area (Å²) < 4.78 is 4.73. The zero-order chi connectivity index (χ0) is 18.6. The van der Waals surface area contributed by atoms with E-state index in [-0.39, 0.29) is 0 Å². The van der Waals surface area contributed by atoms with E-state index in [1.807, 2.05) is 54.7 Å². The standard InChI is InChI=1S/C21H18N4O2/c1-27-21(26)25-17-11-14(18-5-2-6-20-19(18)7-9-23-20)10-16(12-17)24-15-4-3-8-22-13-15/h2-13,23-24H,1H3,(H,25,26).